The standard InChI is InChI=1S/C21H22ClN5S2/c1-11-3-18(17(7-24)25-8-11)29-14-4-15-12(2)20(15)16(5-14)26-9-13(6-23)21-27-19(22)10-28-21/h3,6,8-10,12,14-16,20H,4-5,23H2,1-2H3/b13-6+,26-9?. The Kier molecular flexibility index (Phi) is 5.95. The molecule has 5 unspecified atom stereocenters. The number of aryl methyl sites for hydroxylation is 1. The second-order valence-corrected chi connectivity index (χ2v) is 10.3. The van der Waals surface area contributed by atoms with Gasteiger partial charge in [0.15, 0.2) is 5.69 Å². The van der Waals surface area contributed by atoms with Crippen LogP contribution >= 0.6 is 34.7 Å². The molecule has 5 nitrogen and oxygen atoms in total. The molecule has 29 heavy (non-hydrogen) atoms. The van der Waals surface area contributed by atoms with Crippen molar-refractivity contribution in [3.63, 3.8) is 0 Å². The number of pyridine rings is 1. The highest BCUT2D eigenvalue weighted by molar-refractivity contribution is 8.00. The Morgan fingerprint density at radius 2 is 2.31 bits per heavy atom. The van der Waals surface area contributed by atoms with Crippen molar-refractivity contribution in [2.24, 2.45) is 28.5 Å². The molecular formula is C21H22ClN5S2. The van der Waals surface area contributed by atoms with Gasteiger partial charge in [0.25, 0.3) is 0 Å². The quantitative estimate of drug-likeness (QED) is 0.660. The van der Waals surface area contributed by atoms with Crippen molar-refractivity contribution in [1.82, 2.24) is 9.97 Å². The van der Waals surface area contributed by atoms with Gasteiger partial charge in [0.05, 0.1) is 6.04 Å². The zero-order chi connectivity index (χ0) is 20.5. The van der Waals surface area contributed by atoms with E-state index in [2.05, 4.69) is 29.0 Å². The van der Waals surface area contributed by atoms with Crippen LogP contribution in [0.4, 0.5) is 0 Å². The SMILES string of the molecule is Cc1cnc(C#N)c(SC2CC(N=C/C(=C\N)c3nc(Cl)cs3)C3C(C)C3C2)c1. The summed E-state index contributed by atoms with van der Waals surface area (Å²) in [5.41, 5.74) is 8.20. The Labute approximate surface area is 184 Å². The molecule has 0 radical (unpaired) electrons. The maximum atomic E-state index is 9.39. The third kappa shape index (κ3) is 4.35. The molecule has 150 valence electrons. The Bertz CT molecular complexity index is 1010. The second kappa shape index (κ2) is 8.47. The van der Waals surface area contributed by atoms with Gasteiger partial charge in [-0.05, 0) is 49.1 Å². The molecule has 0 aromatic carbocycles. The lowest BCUT2D eigenvalue weighted by atomic mass is 9.95. The van der Waals surface area contributed by atoms with Crippen LogP contribution in [-0.2, 0) is 0 Å². The topological polar surface area (TPSA) is 88.0 Å². The number of halogens is 1. The minimum Gasteiger partial charge on any atom is -0.404 e. The molecule has 2 heterocycles. The van der Waals surface area contributed by atoms with Gasteiger partial charge < -0.3 is 5.73 Å². The number of fused-ring (bicyclic) bond motifs is 1. The van der Waals surface area contributed by atoms with Gasteiger partial charge >= 0.3 is 0 Å². The molecule has 2 aliphatic carbocycles. The first-order chi connectivity index (χ1) is 14.0. The predicted molar refractivity (Wildman–Crippen MR) is 120 cm³/mol. The number of allylic oxidation sites excluding steroid dienone is 1. The van der Waals surface area contributed by atoms with E-state index < -0.39 is 0 Å². The zero-order valence-electron chi connectivity index (χ0n) is 16.2. The van der Waals surface area contributed by atoms with Crippen LogP contribution in [0.1, 0.15) is 36.0 Å². The number of nitriles is 1. The highest BCUT2D eigenvalue weighted by Gasteiger charge is 2.55. The number of nitrogens with zero attached hydrogens (tertiary/aromatic N) is 4. The van der Waals surface area contributed by atoms with Gasteiger partial charge in [0, 0.05) is 39.7 Å². The number of thioether (sulfide) groups is 1. The minimum atomic E-state index is 0.259. The fourth-order valence-corrected chi connectivity index (χ4v) is 6.67. The van der Waals surface area contributed by atoms with Crippen LogP contribution in [0.2, 0.25) is 5.15 Å². The number of rotatable bonds is 5. The summed E-state index contributed by atoms with van der Waals surface area (Å²) in [6, 6.07) is 4.55. The molecule has 0 saturated heterocycles. The van der Waals surface area contributed by atoms with Crippen LogP contribution < -0.4 is 5.73 Å². The van der Waals surface area contributed by atoms with Crippen LogP contribution in [0.3, 0.4) is 0 Å². The minimum absolute atomic E-state index is 0.259. The van der Waals surface area contributed by atoms with Crippen molar-refractivity contribution >= 4 is 46.5 Å². The molecule has 5 atom stereocenters. The average molecular weight is 444 g/mol. The number of thiazole rings is 1. The van der Waals surface area contributed by atoms with Gasteiger partial charge in [-0.15, -0.1) is 23.1 Å². The number of aliphatic imine (C=N–C) groups is 1. The van der Waals surface area contributed by atoms with Gasteiger partial charge in [0.2, 0.25) is 0 Å². The number of aromatic nitrogens is 2. The summed E-state index contributed by atoms with van der Waals surface area (Å²) >= 11 is 9.19. The van der Waals surface area contributed by atoms with Crippen molar-refractivity contribution in [3.8, 4) is 6.07 Å². The monoisotopic (exact) mass is 443 g/mol. The third-order valence-electron chi connectivity index (χ3n) is 5.82. The molecule has 2 aromatic heterocycles. The van der Waals surface area contributed by atoms with Crippen LogP contribution in [0, 0.1) is 36.0 Å². The molecular weight excluding hydrogens is 422 g/mol. The smallest absolute Gasteiger partial charge is 0.154 e. The van der Waals surface area contributed by atoms with Crippen LogP contribution in [0.15, 0.2) is 33.7 Å². The molecule has 2 aliphatic rings. The molecule has 2 N–H and O–H groups in total. The lowest BCUT2D eigenvalue weighted by molar-refractivity contribution is 0.430. The Balaban J connectivity index is 1.50. The third-order valence-corrected chi connectivity index (χ3v) is 8.31. The van der Waals surface area contributed by atoms with E-state index >= 15 is 0 Å². The van der Waals surface area contributed by atoms with E-state index in [1.807, 2.05) is 13.1 Å². The number of nitrogens with two attached hydrogens (primary N) is 1. The van der Waals surface area contributed by atoms with Gasteiger partial charge in [-0.25, -0.2) is 9.97 Å². The summed E-state index contributed by atoms with van der Waals surface area (Å²) in [6.07, 6.45) is 7.30. The van der Waals surface area contributed by atoms with E-state index in [1.54, 1.807) is 29.5 Å². The highest BCUT2D eigenvalue weighted by atomic mass is 35.5. The van der Waals surface area contributed by atoms with E-state index in [0.717, 1.165) is 27.5 Å². The highest BCUT2D eigenvalue weighted by Crippen LogP contribution is 2.58. The summed E-state index contributed by atoms with van der Waals surface area (Å²) in [5.74, 6) is 2.02. The second-order valence-electron chi connectivity index (χ2n) is 7.73. The molecule has 4 rings (SSSR count). The summed E-state index contributed by atoms with van der Waals surface area (Å²) in [6.45, 7) is 4.33. The van der Waals surface area contributed by atoms with Crippen LogP contribution in [0.5, 0.6) is 0 Å². The average Bonchev–Trinajstić information content (AvgIpc) is 3.14. The van der Waals surface area contributed by atoms with E-state index in [4.69, 9.17) is 22.3 Å². The molecule has 0 bridgehead atoms. The largest absolute Gasteiger partial charge is 0.404 e. The van der Waals surface area contributed by atoms with Crippen molar-refractivity contribution in [1.29, 1.82) is 5.26 Å². The predicted octanol–water partition coefficient (Wildman–Crippen LogP) is 4.95. The molecule has 2 saturated carbocycles. The molecule has 0 spiro atoms. The summed E-state index contributed by atoms with van der Waals surface area (Å²) in [7, 11) is 0. The normalized spacial score (nSPS) is 28.9. The van der Waals surface area contributed by atoms with Crippen molar-refractivity contribution in [2.45, 2.75) is 42.9 Å². The van der Waals surface area contributed by atoms with Crippen molar-refractivity contribution in [3.05, 3.63) is 45.3 Å². The summed E-state index contributed by atoms with van der Waals surface area (Å²) in [4.78, 5) is 14.5. The first-order valence-corrected chi connectivity index (χ1v) is 11.7. The number of hydrogen-bond acceptors (Lipinski definition) is 7. The van der Waals surface area contributed by atoms with Crippen LogP contribution in [0.25, 0.3) is 5.57 Å². The van der Waals surface area contributed by atoms with E-state index in [-0.39, 0.29) is 6.04 Å². The maximum absolute atomic E-state index is 9.39. The zero-order valence-corrected chi connectivity index (χ0v) is 18.6. The van der Waals surface area contributed by atoms with Gasteiger partial charge in [-0.3, -0.25) is 4.99 Å². The fraction of sp³-hybridized carbons (Fsp3) is 0.429. The Morgan fingerprint density at radius 1 is 1.48 bits per heavy atom. The first kappa shape index (κ1) is 20.4. The van der Waals surface area contributed by atoms with Gasteiger partial charge in [-0.2, -0.15) is 5.26 Å². The van der Waals surface area contributed by atoms with E-state index in [1.165, 1.54) is 17.8 Å². The first-order valence-electron chi connectivity index (χ1n) is 9.60. The molecule has 0 amide bonds. The maximum Gasteiger partial charge on any atom is 0.154 e. The Hall–Kier alpha value is -1.88. The van der Waals surface area contributed by atoms with Gasteiger partial charge in [0.1, 0.15) is 16.2 Å². The summed E-state index contributed by atoms with van der Waals surface area (Å²) in [5, 5.41) is 12.9. The molecule has 8 heteroatoms. The lowest BCUT2D eigenvalue weighted by Crippen LogP contribution is -2.23. The molecule has 2 fully saturated rings. The Morgan fingerprint density at radius 3 is 3.00 bits per heavy atom. The van der Waals surface area contributed by atoms with Gasteiger partial charge in [-0.1, -0.05) is 18.5 Å². The molecule has 2 aromatic rings. The van der Waals surface area contributed by atoms with Crippen LogP contribution in [-0.4, -0.2) is 27.5 Å². The fourth-order valence-electron chi connectivity index (χ4n) is 4.30. The molecule has 0 aliphatic heterocycles. The summed E-state index contributed by atoms with van der Waals surface area (Å²) < 4.78 is 0. The van der Waals surface area contributed by atoms with E-state index in [9.17, 15) is 5.26 Å². The van der Waals surface area contributed by atoms with Crippen molar-refractivity contribution < 1.29 is 0 Å². The number of hydrogen-bond donors (Lipinski definition) is 1. The lowest BCUT2D eigenvalue weighted by Gasteiger charge is -2.26. The van der Waals surface area contributed by atoms with E-state index in [0.29, 0.717) is 33.9 Å². The van der Waals surface area contributed by atoms with Crippen molar-refractivity contribution in [2.75, 3.05) is 0 Å².